The van der Waals surface area contributed by atoms with E-state index in [1.165, 1.54) is 13.0 Å². The van der Waals surface area contributed by atoms with Gasteiger partial charge in [0.1, 0.15) is 11.5 Å². The van der Waals surface area contributed by atoms with Gasteiger partial charge in [-0.15, -0.1) is 0 Å². The number of benzene rings is 1. The maximum atomic E-state index is 11.1. The summed E-state index contributed by atoms with van der Waals surface area (Å²) in [6, 6.07) is 7.87. The molecule has 0 saturated heterocycles. The highest BCUT2D eigenvalue weighted by Gasteiger charge is 2.14. The van der Waals surface area contributed by atoms with Crippen molar-refractivity contribution in [2.45, 2.75) is 13.8 Å². The maximum absolute atomic E-state index is 11.1. The molecule has 1 heterocycles. The number of rotatable bonds is 1. The molecular weight excluding hydrogens is 188 g/mol. The third kappa shape index (κ3) is 1.99. The summed E-state index contributed by atoms with van der Waals surface area (Å²) >= 11 is 0. The van der Waals surface area contributed by atoms with Crippen LogP contribution in [0, 0.1) is 0 Å². The van der Waals surface area contributed by atoms with Gasteiger partial charge >= 0.3 is 0 Å². The van der Waals surface area contributed by atoms with E-state index in [4.69, 9.17) is 4.74 Å². The minimum Gasteiger partial charge on any atom is -0.461 e. The Balaban J connectivity index is 2.55. The molecule has 0 aliphatic carbocycles. The van der Waals surface area contributed by atoms with E-state index in [9.17, 15) is 4.79 Å². The summed E-state index contributed by atoms with van der Waals surface area (Å²) in [6.45, 7) is 3.40. The van der Waals surface area contributed by atoms with Gasteiger partial charge in [0.15, 0.2) is 5.78 Å². The van der Waals surface area contributed by atoms with E-state index >= 15 is 0 Å². The van der Waals surface area contributed by atoms with E-state index in [2.05, 4.69) is 0 Å². The first kappa shape index (κ1) is 9.71. The predicted octanol–water partition coefficient (Wildman–Crippen LogP) is 3.01. The SMILES string of the molecule is CC(=O)C=C1OC(C)=Cc2ccccc21. The van der Waals surface area contributed by atoms with Crippen molar-refractivity contribution in [2.75, 3.05) is 0 Å². The lowest BCUT2D eigenvalue weighted by Crippen LogP contribution is -2.01. The second-order valence-electron chi connectivity index (χ2n) is 3.56. The molecule has 1 aliphatic rings. The fourth-order valence-corrected chi connectivity index (χ4v) is 1.62. The number of hydrogen-bond donors (Lipinski definition) is 0. The van der Waals surface area contributed by atoms with Crippen molar-refractivity contribution < 1.29 is 9.53 Å². The average Bonchev–Trinajstić information content (AvgIpc) is 2.16. The third-order valence-electron chi connectivity index (χ3n) is 2.19. The molecule has 0 amide bonds. The number of fused-ring (bicyclic) bond motifs is 1. The lowest BCUT2D eigenvalue weighted by atomic mass is 10.0. The van der Waals surface area contributed by atoms with Crippen molar-refractivity contribution in [3.63, 3.8) is 0 Å². The number of ether oxygens (including phenoxy) is 1. The Morgan fingerprint density at radius 1 is 1.33 bits per heavy atom. The molecule has 0 saturated carbocycles. The Morgan fingerprint density at radius 3 is 2.80 bits per heavy atom. The van der Waals surface area contributed by atoms with Crippen molar-refractivity contribution >= 4 is 17.6 Å². The van der Waals surface area contributed by atoms with E-state index in [0.717, 1.165) is 16.9 Å². The zero-order chi connectivity index (χ0) is 10.8. The third-order valence-corrected chi connectivity index (χ3v) is 2.19. The number of allylic oxidation sites excluding steroid dienone is 2. The average molecular weight is 200 g/mol. The molecule has 2 rings (SSSR count). The van der Waals surface area contributed by atoms with Crippen LogP contribution in [0.4, 0.5) is 0 Å². The van der Waals surface area contributed by atoms with Crippen molar-refractivity contribution in [2.24, 2.45) is 0 Å². The first-order valence-electron chi connectivity index (χ1n) is 4.84. The lowest BCUT2D eigenvalue weighted by molar-refractivity contribution is -0.112. The Morgan fingerprint density at radius 2 is 2.07 bits per heavy atom. The molecule has 0 bridgehead atoms. The molecule has 0 fully saturated rings. The molecule has 76 valence electrons. The van der Waals surface area contributed by atoms with Gasteiger partial charge in [0.2, 0.25) is 0 Å². The Bertz CT molecular complexity index is 467. The molecule has 0 aromatic heterocycles. The monoisotopic (exact) mass is 200 g/mol. The summed E-state index contributed by atoms with van der Waals surface area (Å²) in [5.41, 5.74) is 2.06. The molecule has 2 nitrogen and oxygen atoms in total. The van der Waals surface area contributed by atoms with Gasteiger partial charge in [0.25, 0.3) is 0 Å². The smallest absolute Gasteiger partial charge is 0.156 e. The highest BCUT2D eigenvalue weighted by atomic mass is 16.5. The molecule has 0 atom stereocenters. The van der Waals surface area contributed by atoms with Crippen LogP contribution in [0.3, 0.4) is 0 Å². The molecule has 0 radical (unpaired) electrons. The zero-order valence-electron chi connectivity index (χ0n) is 8.78. The minimum atomic E-state index is -0.00509. The van der Waals surface area contributed by atoms with Gasteiger partial charge in [0.05, 0.1) is 0 Å². The first-order chi connectivity index (χ1) is 7.16. The van der Waals surface area contributed by atoms with Gasteiger partial charge in [-0.1, -0.05) is 24.3 Å². The second-order valence-corrected chi connectivity index (χ2v) is 3.56. The van der Waals surface area contributed by atoms with Gasteiger partial charge in [-0.3, -0.25) is 4.79 Å². The van der Waals surface area contributed by atoms with Gasteiger partial charge < -0.3 is 4.74 Å². The largest absolute Gasteiger partial charge is 0.461 e. The standard InChI is InChI=1S/C13H12O2/c1-9(14)7-13-12-6-4-3-5-11(12)8-10(2)15-13/h3-8H,1-2H3. The van der Waals surface area contributed by atoms with E-state index in [-0.39, 0.29) is 5.78 Å². The molecule has 1 aromatic rings. The summed E-state index contributed by atoms with van der Waals surface area (Å²) in [6.07, 6.45) is 3.49. The van der Waals surface area contributed by atoms with Crippen LogP contribution in [-0.2, 0) is 9.53 Å². The zero-order valence-corrected chi connectivity index (χ0v) is 8.78. The molecule has 15 heavy (non-hydrogen) atoms. The van der Waals surface area contributed by atoms with Crippen LogP contribution >= 0.6 is 0 Å². The Kier molecular flexibility index (Phi) is 2.42. The van der Waals surface area contributed by atoms with Crippen molar-refractivity contribution in [3.05, 3.63) is 47.2 Å². The van der Waals surface area contributed by atoms with Crippen LogP contribution in [0.2, 0.25) is 0 Å². The molecule has 0 N–H and O–H groups in total. The Hall–Kier alpha value is -1.83. The van der Waals surface area contributed by atoms with Crippen molar-refractivity contribution in [3.8, 4) is 0 Å². The van der Waals surface area contributed by atoms with E-state index in [1.54, 1.807) is 0 Å². The van der Waals surface area contributed by atoms with Crippen LogP contribution < -0.4 is 0 Å². The molecular formula is C13H12O2. The van der Waals surface area contributed by atoms with Crippen LogP contribution in [0.25, 0.3) is 11.8 Å². The lowest BCUT2D eigenvalue weighted by Gasteiger charge is -2.18. The normalized spacial score (nSPS) is 16.7. The van der Waals surface area contributed by atoms with Crippen molar-refractivity contribution in [1.82, 2.24) is 0 Å². The topological polar surface area (TPSA) is 26.3 Å². The van der Waals surface area contributed by atoms with E-state index < -0.39 is 0 Å². The van der Waals surface area contributed by atoms with E-state index in [0.29, 0.717) is 5.76 Å². The van der Waals surface area contributed by atoms with E-state index in [1.807, 2.05) is 37.3 Å². The molecule has 1 aliphatic heterocycles. The molecule has 2 heteroatoms. The summed E-state index contributed by atoms with van der Waals surface area (Å²) in [5, 5.41) is 0. The van der Waals surface area contributed by atoms with Crippen LogP contribution in [0.15, 0.2) is 36.1 Å². The minimum absolute atomic E-state index is 0.00509. The maximum Gasteiger partial charge on any atom is 0.156 e. The molecule has 0 unspecified atom stereocenters. The number of carbonyl (C=O) groups is 1. The number of ketones is 1. The first-order valence-corrected chi connectivity index (χ1v) is 4.84. The number of carbonyl (C=O) groups excluding carboxylic acids is 1. The quantitative estimate of drug-likeness (QED) is 0.651. The second kappa shape index (κ2) is 3.73. The Labute approximate surface area is 88.9 Å². The summed E-state index contributed by atoms with van der Waals surface area (Å²) < 4.78 is 5.52. The van der Waals surface area contributed by atoms with Crippen LogP contribution in [-0.4, -0.2) is 5.78 Å². The van der Waals surface area contributed by atoms with Crippen LogP contribution in [0.1, 0.15) is 25.0 Å². The van der Waals surface area contributed by atoms with Gasteiger partial charge in [-0.25, -0.2) is 0 Å². The molecule has 0 spiro atoms. The fourth-order valence-electron chi connectivity index (χ4n) is 1.62. The van der Waals surface area contributed by atoms with Gasteiger partial charge in [-0.2, -0.15) is 0 Å². The molecule has 1 aromatic carbocycles. The highest BCUT2D eigenvalue weighted by molar-refractivity contribution is 5.95. The summed E-state index contributed by atoms with van der Waals surface area (Å²) in [7, 11) is 0. The number of hydrogen-bond acceptors (Lipinski definition) is 2. The predicted molar refractivity (Wildman–Crippen MR) is 59.8 cm³/mol. The fraction of sp³-hybridized carbons (Fsp3) is 0.154. The van der Waals surface area contributed by atoms with Gasteiger partial charge in [-0.05, 0) is 25.5 Å². The van der Waals surface area contributed by atoms with Gasteiger partial charge in [0, 0.05) is 11.6 Å². The van der Waals surface area contributed by atoms with Crippen LogP contribution in [0.5, 0.6) is 0 Å². The summed E-state index contributed by atoms with van der Waals surface area (Å²) in [5.74, 6) is 1.44. The summed E-state index contributed by atoms with van der Waals surface area (Å²) in [4.78, 5) is 11.1. The van der Waals surface area contributed by atoms with Crippen molar-refractivity contribution in [1.29, 1.82) is 0 Å². The highest BCUT2D eigenvalue weighted by Crippen LogP contribution is 2.29.